The maximum absolute atomic E-state index is 13.7. The molecule has 2 N–H and O–H groups in total. The lowest BCUT2D eigenvalue weighted by molar-refractivity contribution is -0.384. The van der Waals surface area contributed by atoms with Crippen molar-refractivity contribution in [3.63, 3.8) is 0 Å². The van der Waals surface area contributed by atoms with Gasteiger partial charge in [0.05, 0.1) is 21.5 Å². The highest BCUT2D eigenvalue weighted by molar-refractivity contribution is 7.20. The van der Waals surface area contributed by atoms with Crippen LogP contribution in [0.15, 0.2) is 77.5 Å². The molecule has 2 atom stereocenters. The van der Waals surface area contributed by atoms with Gasteiger partial charge < -0.3 is 15.3 Å². The van der Waals surface area contributed by atoms with Crippen molar-refractivity contribution in [2.45, 2.75) is 24.9 Å². The Morgan fingerprint density at radius 2 is 1.73 bits per heavy atom. The monoisotopic (exact) mass is 536 g/mol. The van der Waals surface area contributed by atoms with Crippen molar-refractivity contribution >= 4 is 40.4 Å². The van der Waals surface area contributed by atoms with Crippen LogP contribution in [0.5, 0.6) is 0 Å². The molecule has 0 radical (unpaired) electrons. The fraction of sp³-hybridized carbons (Fsp3) is 0.192. The molecule has 4 aromatic rings. The molecule has 4 rings (SSSR count). The van der Waals surface area contributed by atoms with Crippen molar-refractivity contribution in [2.75, 3.05) is 7.05 Å². The number of nitrogens with zero attached hydrogens (tertiary/aromatic N) is 3. The van der Waals surface area contributed by atoms with Gasteiger partial charge in [-0.2, -0.15) is 0 Å². The highest BCUT2D eigenvalue weighted by atomic mass is 32.1. The van der Waals surface area contributed by atoms with E-state index in [1.54, 1.807) is 30.5 Å². The van der Waals surface area contributed by atoms with Gasteiger partial charge in [-0.15, -0.1) is 22.7 Å². The van der Waals surface area contributed by atoms with Gasteiger partial charge in [0.1, 0.15) is 11.0 Å². The van der Waals surface area contributed by atoms with Crippen LogP contribution in [0.25, 0.3) is 9.88 Å². The van der Waals surface area contributed by atoms with E-state index < -0.39 is 29.0 Å². The standard InChI is InChI=1S/C26H24N4O5S2/c1-29(25(31)20(28-26(32)33)14-17-6-3-2-4-7-17)22(15-18-9-11-19(12-10-18)30(34)35)21-16-37-24(27-21)23-8-5-13-36-23/h2-13,16,20,22,28H,14-15H2,1H3,(H,32,33)/t20?,22-/m0/s1. The predicted molar refractivity (Wildman–Crippen MR) is 143 cm³/mol. The summed E-state index contributed by atoms with van der Waals surface area (Å²) in [5.74, 6) is -0.399. The van der Waals surface area contributed by atoms with E-state index in [2.05, 4.69) is 5.32 Å². The first kappa shape index (κ1) is 26.0. The van der Waals surface area contributed by atoms with Crippen LogP contribution in [0.3, 0.4) is 0 Å². The Labute approximate surface area is 221 Å². The lowest BCUT2D eigenvalue weighted by Crippen LogP contribution is -2.49. The van der Waals surface area contributed by atoms with Gasteiger partial charge >= 0.3 is 6.09 Å². The van der Waals surface area contributed by atoms with E-state index in [0.29, 0.717) is 12.1 Å². The summed E-state index contributed by atoms with van der Waals surface area (Å²) in [6, 6.07) is 17.8. The van der Waals surface area contributed by atoms with Crippen LogP contribution in [0.4, 0.5) is 10.5 Å². The number of amides is 2. The maximum atomic E-state index is 13.7. The molecule has 2 amide bonds. The molecule has 0 fully saturated rings. The van der Waals surface area contributed by atoms with Crippen LogP contribution in [-0.4, -0.2) is 45.0 Å². The number of thiophene rings is 1. The molecule has 1 unspecified atom stereocenters. The number of non-ortho nitro benzene ring substituents is 1. The third-order valence-electron chi connectivity index (χ3n) is 5.87. The number of carbonyl (C=O) groups is 2. The molecule has 37 heavy (non-hydrogen) atoms. The number of thiazole rings is 1. The summed E-state index contributed by atoms with van der Waals surface area (Å²) < 4.78 is 0. The molecular weight excluding hydrogens is 512 g/mol. The van der Waals surface area contributed by atoms with Gasteiger partial charge in [-0.05, 0) is 29.0 Å². The largest absolute Gasteiger partial charge is 0.465 e. The zero-order valence-corrected chi connectivity index (χ0v) is 21.4. The molecule has 0 saturated heterocycles. The first-order chi connectivity index (χ1) is 17.8. The number of carbonyl (C=O) groups excluding carboxylic acids is 1. The van der Waals surface area contributed by atoms with Crippen molar-refractivity contribution < 1.29 is 19.6 Å². The summed E-state index contributed by atoms with van der Waals surface area (Å²) >= 11 is 3.03. The number of nitrogens with one attached hydrogen (secondary N) is 1. The van der Waals surface area contributed by atoms with Crippen LogP contribution in [0.2, 0.25) is 0 Å². The minimum absolute atomic E-state index is 0.0213. The van der Waals surface area contributed by atoms with Crippen LogP contribution in [0.1, 0.15) is 22.9 Å². The van der Waals surface area contributed by atoms with E-state index in [1.165, 1.54) is 28.4 Å². The lowest BCUT2D eigenvalue weighted by atomic mass is 10.00. The minimum atomic E-state index is -1.29. The summed E-state index contributed by atoms with van der Waals surface area (Å²) in [7, 11) is 1.63. The fourth-order valence-electron chi connectivity index (χ4n) is 3.97. The molecule has 11 heteroatoms. The molecule has 0 saturated carbocycles. The molecular formula is C26H24N4O5S2. The highest BCUT2D eigenvalue weighted by Gasteiger charge is 2.31. The van der Waals surface area contributed by atoms with Crippen LogP contribution in [-0.2, 0) is 17.6 Å². The third-order valence-corrected chi connectivity index (χ3v) is 7.76. The molecule has 190 valence electrons. The summed E-state index contributed by atoms with van der Waals surface area (Å²) in [5, 5.41) is 27.5. The molecule has 0 aliphatic carbocycles. The molecule has 9 nitrogen and oxygen atoms in total. The molecule has 2 aromatic heterocycles. The molecule has 0 aliphatic rings. The van der Waals surface area contributed by atoms with E-state index in [4.69, 9.17) is 4.98 Å². The summed E-state index contributed by atoms with van der Waals surface area (Å²) in [6.07, 6.45) is -0.750. The van der Waals surface area contributed by atoms with Gasteiger partial charge in [0.25, 0.3) is 5.69 Å². The third kappa shape index (κ3) is 6.57. The Morgan fingerprint density at radius 3 is 2.35 bits per heavy atom. The van der Waals surface area contributed by atoms with Gasteiger partial charge in [-0.25, -0.2) is 9.78 Å². The number of benzene rings is 2. The number of hydrogen-bond donors (Lipinski definition) is 2. The highest BCUT2D eigenvalue weighted by Crippen LogP contribution is 2.33. The van der Waals surface area contributed by atoms with E-state index >= 15 is 0 Å². The van der Waals surface area contributed by atoms with Crippen LogP contribution < -0.4 is 5.32 Å². The number of carboxylic acid groups (broad SMARTS) is 1. The number of rotatable bonds is 10. The van der Waals surface area contributed by atoms with Crippen LogP contribution >= 0.6 is 22.7 Å². The Morgan fingerprint density at radius 1 is 1.03 bits per heavy atom. The Kier molecular flexibility index (Phi) is 8.26. The first-order valence-corrected chi connectivity index (χ1v) is 13.1. The topological polar surface area (TPSA) is 126 Å². The van der Waals surface area contributed by atoms with E-state index in [1.807, 2.05) is 53.2 Å². The Bertz CT molecular complexity index is 1360. The molecule has 0 bridgehead atoms. The van der Waals surface area contributed by atoms with Crippen molar-refractivity contribution in [2.24, 2.45) is 0 Å². The summed E-state index contributed by atoms with van der Waals surface area (Å²) in [5.41, 5.74) is 2.25. The second-order valence-corrected chi connectivity index (χ2v) is 10.1. The molecule has 0 aliphatic heterocycles. The van der Waals surface area contributed by atoms with Crippen molar-refractivity contribution in [1.82, 2.24) is 15.2 Å². The first-order valence-electron chi connectivity index (χ1n) is 11.3. The average molecular weight is 537 g/mol. The van der Waals surface area contributed by atoms with E-state index in [9.17, 15) is 24.8 Å². The number of aromatic nitrogens is 1. The normalized spacial score (nSPS) is 12.5. The van der Waals surface area contributed by atoms with Crippen molar-refractivity contribution in [1.29, 1.82) is 0 Å². The van der Waals surface area contributed by atoms with Crippen molar-refractivity contribution in [3.05, 3.63) is 104 Å². The molecule has 2 aromatic carbocycles. The number of hydrogen-bond acceptors (Lipinski definition) is 7. The number of likely N-dealkylation sites (N-methyl/N-ethyl adjacent to an activating group) is 1. The number of nitro groups is 1. The SMILES string of the molecule is CN(C(=O)C(Cc1ccccc1)NC(=O)O)[C@@H](Cc1ccc([N+](=O)[O-])cc1)c1csc(-c2cccs2)n1. The summed E-state index contributed by atoms with van der Waals surface area (Å²) in [6.45, 7) is 0. The minimum Gasteiger partial charge on any atom is -0.465 e. The predicted octanol–water partition coefficient (Wildman–Crippen LogP) is 5.40. The number of nitro benzene ring substituents is 1. The average Bonchev–Trinajstić information content (AvgIpc) is 3.59. The second-order valence-electron chi connectivity index (χ2n) is 8.34. The fourth-order valence-corrected chi connectivity index (χ4v) is 5.65. The van der Waals surface area contributed by atoms with Crippen molar-refractivity contribution in [3.8, 4) is 9.88 Å². The van der Waals surface area contributed by atoms with Crippen LogP contribution in [0, 0.1) is 10.1 Å². The second kappa shape index (κ2) is 11.8. The quantitative estimate of drug-likeness (QED) is 0.206. The van der Waals surface area contributed by atoms with Gasteiger partial charge in [0, 0.05) is 31.0 Å². The zero-order chi connectivity index (χ0) is 26.4. The van der Waals surface area contributed by atoms with Gasteiger partial charge in [-0.1, -0.05) is 48.5 Å². The van der Waals surface area contributed by atoms with E-state index in [0.717, 1.165) is 21.0 Å². The van der Waals surface area contributed by atoms with Gasteiger partial charge in [0.2, 0.25) is 5.91 Å². The van der Waals surface area contributed by atoms with Gasteiger partial charge in [0.15, 0.2) is 0 Å². The zero-order valence-electron chi connectivity index (χ0n) is 19.8. The van der Waals surface area contributed by atoms with Gasteiger partial charge in [-0.3, -0.25) is 14.9 Å². The maximum Gasteiger partial charge on any atom is 0.405 e. The van der Waals surface area contributed by atoms with E-state index in [-0.39, 0.29) is 12.1 Å². The lowest BCUT2D eigenvalue weighted by Gasteiger charge is -2.30. The molecule has 0 spiro atoms. The Hall–Kier alpha value is -4.09. The smallest absolute Gasteiger partial charge is 0.405 e. The summed E-state index contributed by atoms with van der Waals surface area (Å²) in [4.78, 5) is 43.1. The molecule has 2 heterocycles. The Balaban J connectivity index is 1.65.